The second-order valence-electron chi connectivity index (χ2n) is 11.5. The lowest BCUT2D eigenvalue weighted by atomic mass is 9.88. The van der Waals surface area contributed by atoms with Gasteiger partial charge in [-0.3, -0.25) is 9.59 Å². The van der Waals surface area contributed by atoms with Crippen LogP contribution in [0.2, 0.25) is 0 Å². The van der Waals surface area contributed by atoms with E-state index in [0.29, 0.717) is 17.0 Å². The number of hydrogen-bond donors (Lipinski definition) is 2. The Balaban J connectivity index is 1.64. The Kier molecular flexibility index (Phi) is 9.76. The summed E-state index contributed by atoms with van der Waals surface area (Å²) in [5, 5.41) is 16.7. The number of amides is 2. The molecule has 11 nitrogen and oxygen atoms in total. The van der Waals surface area contributed by atoms with Gasteiger partial charge in [-0.25, -0.2) is 8.42 Å². The summed E-state index contributed by atoms with van der Waals surface area (Å²) >= 11 is 0. The van der Waals surface area contributed by atoms with Crippen LogP contribution in [0.5, 0.6) is 5.75 Å². The highest BCUT2D eigenvalue weighted by atomic mass is 32.2. The van der Waals surface area contributed by atoms with Crippen molar-refractivity contribution in [2.75, 3.05) is 32.1 Å². The average Bonchev–Trinajstić information content (AvgIpc) is 3.31. The molecule has 1 aliphatic heterocycles. The molecule has 1 aromatic carbocycles. The molecule has 0 radical (unpaired) electrons. The van der Waals surface area contributed by atoms with Gasteiger partial charge in [0.25, 0.3) is 0 Å². The van der Waals surface area contributed by atoms with Crippen molar-refractivity contribution in [3.05, 3.63) is 35.2 Å². The van der Waals surface area contributed by atoms with E-state index in [1.807, 2.05) is 6.92 Å². The topological polar surface area (TPSA) is 142 Å². The summed E-state index contributed by atoms with van der Waals surface area (Å²) in [6, 6.07) is 4.80. The van der Waals surface area contributed by atoms with E-state index in [4.69, 9.17) is 9.26 Å². The molecule has 0 unspecified atom stereocenters. The molecule has 2 heterocycles. The smallest absolute Gasteiger partial charge is 0.248 e. The predicted molar refractivity (Wildman–Crippen MR) is 153 cm³/mol. The summed E-state index contributed by atoms with van der Waals surface area (Å²) in [5.74, 6) is 0.150. The van der Waals surface area contributed by atoms with Crippen molar-refractivity contribution in [2.45, 2.75) is 83.3 Å². The highest BCUT2D eigenvalue weighted by Crippen LogP contribution is 2.31. The first-order chi connectivity index (χ1) is 19.4. The summed E-state index contributed by atoms with van der Waals surface area (Å²) in [4.78, 5) is 28.0. The number of carbonyl (C=O) groups is 2. The molecule has 0 saturated heterocycles. The van der Waals surface area contributed by atoms with Gasteiger partial charge in [-0.1, -0.05) is 31.3 Å². The van der Waals surface area contributed by atoms with Crippen molar-refractivity contribution in [3.63, 3.8) is 0 Å². The van der Waals surface area contributed by atoms with Crippen LogP contribution in [0.1, 0.15) is 63.0 Å². The van der Waals surface area contributed by atoms with Crippen LogP contribution in [0, 0.1) is 25.7 Å². The minimum atomic E-state index is -3.93. The number of nitrogens with one attached hydrogen (secondary N) is 1. The first-order valence-electron chi connectivity index (χ1n) is 14.3. The monoisotopic (exact) mass is 590 g/mol. The quantitative estimate of drug-likeness (QED) is 0.477. The number of likely N-dealkylation sites (N-methyl/N-ethyl adjacent to an activating group) is 1. The molecule has 3 atom stereocenters. The van der Waals surface area contributed by atoms with Crippen molar-refractivity contribution >= 4 is 27.5 Å². The third kappa shape index (κ3) is 6.92. The molecule has 12 heteroatoms. The Morgan fingerprint density at radius 2 is 1.95 bits per heavy atom. The number of ether oxygens (including phenoxy) is 1. The predicted octanol–water partition coefficient (Wildman–Crippen LogP) is 3.28. The van der Waals surface area contributed by atoms with Gasteiger partial charge in [0, 0.05) is 36.7 Å². The van der Waals surface area contributed by atoms with Crippen LogP contribution in [-0.4, -0.2) is 78.6 Å². The van der Waals surface area contributed by atoms with Crippen LogP contribution in [-0.2, 0) is 26.0 Å². The fourth-order valence-corrected chi connectivity index (χ4v) is 7.15. The lowest BCUT2D eigenvalue weighted by Crippen LogP contribution is -2.48. The molecule has 2 amide bonds. The second kappa shape index (κ2) is 12.9. The molecule has 2 N–H and O–H groups in total. The van der Waals surface area contributed by atoms with E-state index < -0.39 is 22.2 Å². The summed E-state index contributed by atoms with van der Waals surface area (Å²) in [6.45, 7) is 6.86. The first-order valence-corrected chi connectivity index (χ1v) is 15.8. The summed E-state index contributed by atoms with van der Waals surface area (Å²) in [7, 11) is -2.45. The minimum absolute atomic E-state index is 0.00268. The maximum Gasteiger partial charge on any atom is 0.248 e. The van der Waals surface area contributed by atoms with Crippen molar-refractivity contribution in [3.8, 4) is 5.75 Å². The van der Waals surface area contributed by atoms with Crippen LogP contribution in [0.25, 0.3) is 0 Å². The van der Waals surface area contributed by atoms with Crippen LogP contribution < -0.4 is 10.1 Å². The van der Waals surface area contributed by atoms with Crippen LogP contribution in [0.3, 0.4) is 0 Å². The number of aliphatic hydroxyl groups is 1. The van der Waals surface area contributed by atoms with E-state index in [1.165, 1.54) is 11.4 Å². The van der Waals surface area contributed by atoms with Gasteiger partial charge in [0.2, 0.25) is 21.8 Å². The van der Waals surface area contributed by atoms with Crippen molar-refractivity contribution < 1.29 is 32.4 Å². The van der Waals surface area contributed by atoms with E-state index in [1.54, 1.807) is 43.9 Å². The van der Waals surface area contributed by atoms with Crippen LogP contribution in [0.15, 0.2) is 27.6 Å². The third-order valence-corrected chi connectivity index (χ3v) is 10.3. The zero-order chi connectivity index (χ0) is 29.9. The normalized spacial score (nSPS) is 21.4. The maximum atomic E-state index is 13.5. The average molecular weight is 591 g/mol. The molecule has 2 aromatic rings. The van der Waals surface area contributed by atoms with E-state index >= 15 is 0 Å². The molecule has 2 aliphatic rings. The van der Waals surface area contributed by atoms with Gasteiger partial charge >= 0.3 is 0 Å². The molecule has 0 spiro atoms. The molecular formula is C29H42N4O7S. The molecular weight excluding hydrogens is 548 g/mol. The molecule has 1 fully saturated rings. The maximum absolute atomic E-state index is 13.5. The van der Waals surface area contributed by atoms with Gasteiger partial charge < -0.3 is 24.6 Å². The highest BCUT2D eigenvalue weighted by molar-refractivity contribution is 7.89. The lowest BCUT2D eigenvalue weighted by Gasteiger charge is -2.33. The van der Waals surface area contributed by atoms with Crippen molar-refractivity contribution in [1.29, 1.82) is 0 Å². The Hall–Kier alpha value is -2.96. The number of nitrogens with zero attached hydrogens (tertiary/aromatic N) is 3. The van der Waals surface area contributed by atoms with E-state index in [0.717, 1.165) is 32.1 Å². The fourth-order valence-electron chi connectivity index (χ4n) is 5.68. The van der Waals surface area contributed by atoms with Gasteiger partial charge in [-0.2, -0.15) is 4.31 Å². The molecule has 1 aliphatic carbocycles. The number of anilines is 1. The second-order valence-corrected chi connectivity index (χ2v) is 13.5. The highest BCUT2D eigenvalue weighted by Gasteiger charge is 2.35. The Labute approximate surface area is 242 Å². The van der Waals surface area contributed by atoms with Gasteiger partial charge in [0.15, 0.2) is 5.76 Å². The van der Waals surface area contributed by atoms with Crippen LogP contribution >= 0.6 is 0 Å². The number of sulfonamides is 1. The summed E-state index contributed by atoms with van der Waals surface area (Å²) < 4.78 is 39.7. The van der Waals surface area contributed by atoms with Gasteiger partial charge in [0.1, 0.15) is 22.4 Å². The van der Waals surface area contributed by atoms with E-state index in [-0.39, 0.29) is 66.1 Å². The lowest BCUT2D eigenvalue weighted by molar-refractivity contribution is -0.134. The molecule has 1 aromatic heterocycles. The summed E-state index contributed by atoms with van der Waals surface area (Å²) in [6.07, 6.45) is 4.37. The molecule has 226 valence electrons. The SMILES string of the molecule is Cc1noc(C)c1S(=O)(=O)N(C)C[C@H]1Oc2ccc(NC(=O)C3CCCCC3)cc2CC(=O)N([C@@H](C)CO)C[C@H]1C. The first kappa shape index (κ1) is 31.0. The third-order valence-electron chi connectivity index (χ3n) is 8.23. The Bertz CT molecular complexity index is 1330. The Morgan fingerprint density at radius 3 is 2.59 bits per heavy atom. The summed E-state index contributed by atoms with van der Waals surface area (Å²) in [5.41, 5.74) is 1.45. The fraction of sp³-hybridized carbons (Fsp3) is 0.621. The number of fused-ring (bicyclic) bond motifs is 1. The largest absolute Gasteiger partial charge is 0.488 e. The van der Waals surface area contributed by atoms with Gasteiger partial charge in [0.05, 0.1) is 25.6 Å². The zero-order valence-corrected chi connectivity index (χ0v) is 25.4. The standard InChI is InChI=1S/C29H42N4O7S/c1-18-15-33(19(2)17-34)27(35)14-23-13-24(30-29(36)22-9-7-6-8-10-22)11-12-25(23)39-26(18)16-32(5)41(37,38)28-20(3)31-40-21(28)4/h11-13,18-19,22,26,34H,6-10,14-17H2,1-5H3,(H,30,36)/t18-,19+,26-/m1/s1. The van der Waals surface area contributed by atoms with Crippen LogP contribution in [0.4, 0.5) is 5.69 Å². The number of rotatable bonds is 8. The number of carbonyl (C=O) groups excluding carboxylic acids is 2. The molecule has 41 heavy (non-hydrogen) atoms. The number of benzene rings is 1. The molecule has 0 bridgehead atoms. The number of aliphatic hydroxyl groups excluding tert-OH is 1. The van der Waals surface area contributed by atoms with Gasteiger partial charge in [-0.05, 0) is 51.8 Å². The van der Waals surface area contributed by atoms with Gasteiger partial charge in [-0.15, -0.1) is 0 Å². The molecule has 4 rings (SSSR count). The zero-order valence-electron chi connectivity index (χ0n) is 24.6. The number of hydrogen-bond acceptors (Lipinski definition) is 8. The number of aromatic nitrogens is 1. The minimum Gasteiger partial charge on any atom is -0.488 e. The Morgan fingerprint density at radius 1 is 1.24 bits per heavy atom. The van der Waals surface area contributed by atoms with E-state index in [2.05, 4.69) is 10.5 Å². The molecule has 1 saturated carbocycles. The van der Waals surface area contributed by atoms with Crippen molar-refractivity contribution in [2.24, 2.45) is 11.8 Å². The van der Waals surface area contributed by atoms with Crippen molar-refractivity contribution in [1.82, 2.24) is 14.4 Å². The van der Waals surface area contributed by atoms with E-state index in [9.17, 15) is 23.1 Å². The number of aryl methyl sites for hydroxylation is 2.